The van der Waals surface area contributed by atoms with E-state index >= 15 is 0 Å². The molecule has 1 saturated heterocycles. The molecule has 0 bridgehead atoms. The van der Waals surface area contributed by atoms with Gasteiger partial charge in [-0.2, -0.15) is 0 Å². The van der Waals surface area contributed by atoms with Gasteiger partial charge in [-0.25, -0.2) is 9.97 Å². The molecule has 1 N–H and O–H groups in total. The maximum absolute atomic E-state index is 12.8. The molecule has 0 radical (unpaired) electrons. The second-order valence-corrected chi connectivity index (χ2v) is 8.86. The van der Waals surface area contributed by atoms with Gasteiger partial charge in [-0.1, -0.05) is 19.1 Å². The van der Waals surface area contributed by atoms with Crippen molar-refractivity contribution >= 4 is 39.0 Å². The van der Waals surface area contributed by atoms with E-state index in [-0.39, 0.29) is 11.9 Å². The molecular weight excluding hydrogens is 410 g/mol. The number of methoxy groups -OCH3 is 1. The summed E-state index contributed by atoms with van der Waals surface area (Å²) in [5.74, 6) is 1.79. The van der Waals surface area contributed by atoms with E-state index in [4.69, 9.17) is 4.74 Å². The largest absolute Gasteiger partial charge is 0.495 e. The molecule has 2 aromatic heterocycles. The van der Waals surface area contributed by atoms with Crippen LogP contribution in [-0.4, -0.2) is 55.2 Å². The predicted molar refractivity (Wildman–Crippen MR) is 127 cm³/mol. The first-order valence-electron chi connectivity index (χ1n) is 10.7. The number of aryl methyl sites for hydroxylation is 1. The van der Waals surface area contributed by atoms with Gasteiger partial charge in [0, 0.05) is 32.2 Å². The highest BCUT2D eigenvalue weighted by Crippen LogP contribution is 2.36. The van der Waals surface area contributed by atoms with Crippen LogP contribution in [0.5, 0.6) is 5.75 Å². The number of carbonyl (C=O) groups excluding carboxylic acids is 1. The Morgan fingerprint density at radius 3 is 2.61 bits per heavy atom. The summed E-state index contributed by atoms with van der Waals surface area (Å²) in [5, 5.41) is 4.07. The predicted octanol–water partition coefficient (Wildman–Crippen LogP) is 3.86. The van der Waals surface area contributed by atoms with Crippen molar-refractivity contribution in [3.8, 4) is 5.75 Å². The number of ether oxygens (including phenoxy) is 1. The average molecular weight is 440 g/mol. The minimum atomic E-state index is -0.0261. The number of piperazine rings is 1. The Bertz CT molecular complexity index is 1080. The SMILES string of the molecule is CC[C@@H](C)NC(=O)c1sc2ncnc(N3CCN(c4ccccc4OC)CC3)c2c1C. The van der Waals surface area contributed by atoms with E-state index in [1.807, 2.05) is 32.0 Å². The molecule has 3 aromatic rings. The fourth-order valence-electron chi connectivity index (χ4n) is 3.95. The second-order valence-electron chi connectivity index (χ2n) is 7.86. The van der Waals surface area contributed by atoms with Gasteiger partial charge in [0.05, 0.1) is 23.1 Å². The molecular formula is C23H29N5O2S. The zero-order valence-electron chi connectivity index (χ0n) is 18.5. The Morgan fingerprint density at radius 2 is 1.90 bits per heavy atom. The number of hydrogen-bond donors (Lipinski definition) is 1. The number of nitrogens with zero attached hydrogens (tertiary/aromatic N) is 4. The first-order valence-corrected chi connectivity index (χ1v) is 11.5. The fourth-order valence-corrected chi connectivity index (χ4v) is 5.00. The van der Waals surface area contributed by atoms with Gasteiger partial charge in [0.15, 0.2) is 0 Å². The molecule has 0 saturated carbocycles. The van der Waals surface area contributed by atoms with Crippen LogP contribution in [0.4, 0.5) is 11.5 Å². The van der Waals surface area contributed by atoms with Crippen molar-refractivity contribution in [2.75, 3.05) is 43.1 Å². The standard InChI is InChI=1S/C23H29N5O2S/c1-5-15(2)26-22(29)20-16(3)19-21(24-14-25-23(19)31-20)28-12-10-27(11-13-28)17-8-6-7-9-18(17)30-4/h6-9,14-15H,5,10-13H2,1-4H3,(H,26,29)/t15-/m1/s1. The van der Waals surface area contributed by atoms with E-state index in [1.54, 1.807) is 13.4 Å². The van der Waals surface area contributed by atoms with Gasteiger partial charge in [-0.15, -0.1) is 11.3 Å². The smallest absolute Gasteiger partial charge is 0.261 e. The van der Waals surface area contributed by atoms with Crippen LogP contribution in [0.2, 0.25) is 0 Å². The van der Waals surface area contributed by atoms with E-state index < -0.39 is 0 Å². The Labute approximate surface area is 187 Å². The van der Waals surface area contributed by atoms with Crippen LogP contribution in [-0.2, 0) is 0 Å². The van der Waals surface area contributed by atoms with Crippen LogP contribution in [0.1, 0.15) is 35.5 Å². The number of aromatic nitrogens is 2. The topological polar surface area (TPSA) is 70.6 Å². The summed E-state index contributed by atoms with van der Waals surface area (Å²) in [6.45, 7) is 9.51. The molecule has 1 fully saturated rings. The summed E-state index contributed by atoms with van der Waals surface area (Å²) in [7, 11) is 1.71. The van der Waals surface area contributed by atoms with E-state index in [2.05, 4.69) is 38.1 Å². The number of para-hydroxylation sites is 2. The molecule has 1 aliphatic rings. The minimum absolute atomic E-state index is 0.0261. The van der Waals surface area contributed by atoms with Gasteiger partial charge in [0.1, 0.15) is 22.7 Å². The molecule has 31 heavy (non-hydrogen) atoms. The number of anilines is 2. The Hall–Kier alpha value is -2.87. The lowest BCUT2D eigenvalue weighted by Crippen LogP contribution is -2.47. The third-order valence-corrected chi connectivity index (χ3v) is 7.11. The van der Waals surface area contributed by atoms with Crippen LogP contribution in [0.15, 0.2) is 30.6 Å². The zero-order valence-corrected chi connectivity index (χ0v) is 19.3. The number of benzene rings is 1. The summed E-state index contributed by atoms with van der Waals surface area (Å²) >= 11 is 1.45. The normalized spacial score (nSPS) is 15.2. The molecule has 0 spiro atoms. The van der Waals surface area contributed by atoms with E-state index in [9.17, 15) is 4.79 Å². The highest BCUT2D eigenvalue weighted by atomic mass is 32.1. The summed E-state index contributed by atoms with van der Waals surface area (Å²) in [6, 6.07) is 8.27. The van der Waals surface area contributed by atoms with Crippen molar-refractivity contribution in [3.05, 3.63) is 41.0 Å². The van der Waals surface area contributed by atoms with E-state index in [0.717, 1.165) is 70.5 Å². The van der Waals surface area contributed by atoms with Crippen molar-refractivity contribution in [2.45, 2.75) is 33.2 Å². The van der Waals surface area contributed by atoms with Crippen LogP contribution < -0.4 is 19.9 Å². The van der Waals surface area contributed by atoms with Crippen molar-refractivity contribution in [1.29, 1.82) is 0 Å². The van der Waals surface area contributed by atoms with Gasteiger partial charge < -0.3 is 19.9 Å². The summed E-state index contributed by atoms with van der Waals surface area (Å²) in [4.78, 5) is 28.1. The number of nitrogens with one attached hydrogen (secondary N) is 1. The fraction of sp³-hybridized carbons (Fsp3) is 0.435. The first-order chi connectivity index (χ1) is 15.0. The lowest BCUT2D eigenvalue weighted by Gasteiger charge is -2.37. The van der Waals surface area contributed by atoms with Crippen molar-refractivity contribution in [2.24, 2.45) is 0 Å². The number of carbonyl (C=O) groups is 1. The number of thiophene rings is 1. The highest BCUT2D eigenvalue weighted by Gasteiger charge is 2.25. The van der Waals surface area contributed by atoms with Crippen molar-refractivity contribution in [1.82, 2.24) is 15.3 Å². The number of rotatable bonds is 6. The van der Waals surface area contributed by atoms with Gasteiger partial charge >= 0.3 is 0 Å². The Balaban J connectivity index is 1.57. The average Bonchev–Trinajstić information content (AvgIpc) is 3.16. The maximum atomic E-state index is 12.8. The van der Waals surface area contributed by atoms with Crippen molar-refractivity contribution < 1.29 is 9.53 Å². The molecule has 0 aliphatic carbocycles. The minimum Gasteiger partial charge on any atom is -0.495 e. The lowest BCUT2D eigenvalue weighted by molar-refractivity contribution is 0.0943. The first kappa shape index (κ1) is 21.4. The van der Waals surface area contributed by atoms with E-state index in [0.29, 0.717) is 0 Å². The van der Waals surface area contributed by atoms with Gasteiger partial charge in [-0.05, 0) is 38.0 Å². The third-order valence-electron chi connectivity index (χ3n) is 5.91. The van der Waals surface area contributed by atoms with Crippen LogP contribution in [0.25, 0.3) is 10.2 Å². The molecule has 1 aliphatic heterocycles. The summed E-state index contributed by atoms with van der Waals surface area (Å²) in [6.07, 6.45) is 2.51. The molecule has 4 rings (SSSR count). The second kappa shape index (κ2) is 9.09. The number of hydrogen-bond acceptors (Lipinski definition) is 7. The maximum Gasteiger partial charge on any atom is 0.261 e. The Kier molecular flexibility index (Phi) is 6.27. The number of amides is 1. The van der Waals surface area contributed by atoms with Crippen LogP contribution in [0.3, 0.4) is 0 Å². The molecule has 1 aromatic carbocycles. The highest BCUT2D eigenvalue weighted by molar-refractivity contribution is 7.20. The van der Waals surface area contributed by atoms with Crippen LogP contribution >= 0.6 is 11.3 Å². The summed E-state index contributed by atoms with van der Waals surface area (Å²) in [5.41, 5.74) is 2.08. The monoisotopic (exact) mass is 439 g/mol. The van der Waals surface area contributed by atoms with Crippen LogP contribution in [0, 0.1) is 6.92 Å². The van der Waals surface area contributed by atoms with Gasteiger partial charge in [-0.3, -0.25) is 4.79 Å². The molecule has 3 heterocycles. The quantitative estimate of drug-likeness (QED) is 0.629. The number of fused-ring (bicyclic) bond motifs is 1. The Morgan fingerprint density at radius 1 is 1.19 bits per heavy atom. The molecule has 7 nitrogen and oxygen atoms in total. The van der Waals surface area contributed by atoms with Crippen molar-refractivity contribution in [3.63, 3.8) is 0 Å². The van der Waals surface area contributed by atoms with Gasteiger partial charge in [0.25, 0.3) is 5.91 Å². The molecule has 164 valence electrons. The zero-order chi connectivity index (χ0) is 22.0. The molecule has 0 unspecified atom stereocenters. The molecule has 1 amide bonds. The van der Waals surface area contributed by atoms with Gasteiger partial charge in [0.2, 0.25) is 0 Å². The molecule has 1 atom stereocenters. The van der Waals surface area contributed by atoms with E-state index in [1.165, 1.54) is 11.3 Å². The third kappa shape index (κ3) is 4.17. The molecule has 8 heteroatoms. The summed E-state index contributed by atoms with van der Waals surface area (Å²) < 4.78 is 5.53. The lowest BCUT2D eigenvalue weighted by atomic mass is 10.1.